The third-order valence-corrected chi connectivity index (χ3v) is 5.28. The Labute approximate surface area is 151 Å². The van der Waals surface area contributed by atoms with E-state index in [4.69, 9.17) is 33.0 Å². The summed E-state index contributed by atoms with van der Waals surface area (Å²) in [5, 5.41) is 9.12. The zero-order valence-electron chi connectivity index (χ0n) is 13.4. The standard InChI is InChI=1S/C19H18Cl2O3/c1-18(2,17(22)23)24-14-10-8-13(9-11-14)16-15(19(16,20)21)12-6-4-3-5-7-12/h3-11,15-16H,1-2H3,(H,22,23). The Bertz CT molecular complexity index is 739. The Balaban J connectivity index is 1.78. The summed E-state index contributed by atoms with van der Waals surface area (Å²) in [7, 11) is 0. The number of carbonyl (C=O) groups is 1. The van der Waals surface area contributed by atoms with Crippen LogP contribution in [-0.2, 0) is 4.79 Å². The van der Waals surface area contributed by atoms with Crippen LogP contribution in [0.4, 0.5) is 0 Å². The van der Waals surface area contributed by atoms with Crippen molar-refractivity contribution in [1.82, 2.24) is 0 Å². The van der Waals surface area contributed by atoms with Crippen molar-refractivity contribution < 1.29 is 14.6 Å². The van der Waals surface area contributed by atoms with E-state index in [1.54, 1.807) is 12.1 Å². The van der Waals surface area contributed by atoms with E-state index in [0.29, 0.717) is 5.75 Å². The first-order valence-electron chi connectivity index (χ1n) is 7.68. The second kappa shape index (κ2) is 5.98. The van der Waals surface area contributed by atoms with Gasteiger partial charge in [0, 0.05) is 11.8 Å². The van der Waals surface area contributed by atoms with Gasteiger partial charge in [0.25, 0.3) is 0 Å². The van der Waals surface area contributed by atoms with E-state index in [1.165, 1.54) is 13.8 Å². The number of hydrogen-bond acceptors (Lipinski definition) is 2. The van der Waals surface area contributed by atoms with Gasteiger partial charge in [0.2, 0.25) is 0 Å². The first-order chi connectivity index (χ1) is 11.2. The third-order valence-electron chi connectivity index (χ3n) is 4.34. The highest BCUT2D eigenvalue weighted by molar-refractivity contribution is 6.52. The Morgan fingerprint density at radius 1 is 1.00 bits per heavy atom. The molecule has 0 spiro atoms. The summed E-state index contributed by atoms with van der Waals surface area (Å²) in [6, 6.07) is 17.2. The number of carboxylic acids is 1. The van der Waals surface area contributed by atoms with Crippen LogP contribution in [0.2, 0.25) is 0 Å². The van der Waals surface area contributed by atoms with Gasteiger partial charge in [0.15, 0.2) is 5.60 Å². The van der Waals surface area contributed by atoms with Gasteiger partial charge in [-0.2, -0.15) is 0 Å². The summed E-state index contributed by atoms with van der Waals surface area (Å²) in [6.07, 6.45) is 0. The summed E-state index contributed by atoms with van der Waals surface area (Å²) in [5.41, 5.74) is 0.838. The average molecular weight is 365 g/mol. The molecule has 0 heterocycles. The molecular weight excluding hydrogens is 347 g/mol. The number of carboxylic acid groups (broad SMARTS) is 1. The topological polar surface area (TPSA) is 46.5 Å². The lowest BCUT2D eigenvalue weighted by Crippen LogP contribution is -2.37. The lowest BCUT2D eigenvalue weighted by molar-refractivity contribution is -0.152. The normalized spacial score (nSPS) is 22.0. The highest BCUT2D eigenvalue weighted by Gasteiger charge is 2.64. The van der Waals surface area contributed by atoms with Crippen molar-refractivity contribution >= 4 is 29.2 Å². The van der Waals surface area contributed by atoms with Crippen molar-refractivity contribution in [3.63, 3.8) is 0 Å². The highest BCUT2D eigenvalue weighted by atomic mass is 35.5. The molecule has 0 aromatic heterocycles. The smallest absolute Gasteiger partial charge is 0.347 e. The maximum Gasteiger partial charge on any atom is 0.347 e. The minimum atomic E-state index is -1.28. The molecular formula is C19H18Cl2O3. The van der Waals surface area contributed by atoms with Crippen LogP contribution in [0.15, 0.2) is 54.6 Å². The molecule has 2 unspecified atom stereocenters. The minimum Gasteiger partial charge on any atom is -0.478 e. The minimum absolute atomic E-state index is 0.00441. The molecule has 1 aliphatic carbocycles. The molecule has 1 aliphatic rings. The Hall–Kier alpha value is -1.71. The molecule has 0 amide bonds. The van der Waals surface area contributed by atoms with Gasteiger partial charge < -0.3 is 9.84 Å². The number of benzene rings is 2. The zero-order chi connectivity index (χ0) is 17.5. The lowest BCUT2D eigenvalue weighted by atomic mass is 10.0. The molecule has 2 aromatic carbocycles. The molecule has 2 atom stereocenters. The van der Waals surface area contributed by atoms with Gasteiger partial charge in [-0.3, -0.25) is 0 Å². The molecule has 0 aliphatic heterocycles. The number of rotatable bonds is 5. The van der Waals surface area contributed by atoms with Gasteiger partial charge >= 0.3 is 5.97 Å². The quantitative estimate of drug-likeness (QED) is 0.760. The van der Waals surface area contributed by atoms with Crippen molar-refractivity contribution in [1.29, 1.82) is 0 Å². The lowest BCUT2D eigenvalue weighted by Gasteiger charge is -2.21. The van der Waals surface area contributed by atoms with Crippen LogP contribution in [0.25, 0.3) is 0 Å². The molecule has 1 N–H and O–H groups in total. The van der Waals surface area contributed by atoms with Gasteiger partial charge in [-0.15, -0.1) is 23.2 Å². The first-order valence-corrected chi connectivity index (χ1v) is 8.44. The van der Waals surface area contributed by atoms with Crippen LogP contribution < -0.4 is 4.74 Å². The van der Waals surface area contributed by atoms with Crippen molar-refractivity contribution in [2.45, 2.75) is 35.6 Å². The van der Waals surface area contributed by atoms with E-state index >= 15 is 0 Å². The monoisotopic (exact) mass is 364 g/mol. The molecule has 0 radical (unpaired) electrons. The Kier molecular flexibility index (Phi) is 4.27. The van der Waals surface area contributed by atoms with Crippen LogP contribution in [0.5, 0.6) is 5.75 Å². The van der Waals surface area contributed by atoms with E-state index < -0.39 is 15.9 Å². The van der Waals surface area contributed by atoms with Gasteiger partial charge in [0.1, 0.15) is 10.1 Å². The second-order valence-corrected chi connectivity index (χ2v) is 7.97. The summed E-state index contributed by atoms with van der Waals surface area (Å²) < 4.78 is 4.69. The number of aliphatic carboxylic acids is 1. The Morgan fingerprint density at radius 3 is 2.00 bits per heavy atom. The molecule has 3 rings (SSSR count). The van der Waals surface area contributed by atoms with E-state index in [9.17, 15) is 4.79 Å². The van der Waals surface area contributed by atoms with Crippen LogP contribution in [0.1, 0.15) is 36.8 Å². The fraction of sp³-hybridized carbons (Fsp3) is 0.316. The van der Waals surface area contributed by atoms with Crippen molar-refractivity contribution in [2.24, 2.45) is 0 Å². The van der Waals surface area contributed by atoms with E-state index in [-0.39, 0.29) is 11.8 Å². The van der Waals surface area contributed by atoms with Gasteiger partial charge in [0.05, 0.1) is 0 Å². The first kappa shape index (κ1) is 17.1. The fourth-order valence-corrected chi connectivity index (χ4v) is 3.78. The highest BCUT2D eigenvalue weighted by Crippen LogP contribution is 2.70. The molecule has 5 heteroatoms. The summed E-state index contributed by atoms with van der Waals surface area (Å²) >= 11 is 13.0. The number of alkyl halides is 2. The molecule has 3 nitrogen and oxygen atoms in total. The van der Waals surface area contributed by atoms with Gasteiger partial charge in [-0.1, -0.05) is 42.5 Å². The molecule has 126 valence electrons. The van der Waals surface area contributed by atoms with Crippen LogP contribution in [0.3, 0.4) is 0 Å². The molecule has 0 bridgehead atoms. The summed E-state index contributed by atoms with van der Waals surface area (Å²) in [6.45, 7) is 3.02. The average Bonchev–Trinajstić information content (AvgIpc) is 3.11. The van der Waals surface area contributed by atoms with Crippen LogP contribution in [-0.4, -0.2) is 21.0 Å². The predicted molar refractivity (Wildman–Crippen MR) is 95.1 cm³/mol. The van der Waals surface area contributed by atoms with Crippen LogP contribution in [0, 0.1) is 0 Å². The van der Waals surface area contributed by atoms with Crippen molar-refractivity contribution in [3.05, 3.63) is 65.7 Å². The van der Waals surface area contributed by atoms with E-state index in [2.05, 4.69) is 0 Å². The van der Waals surface area contributed by atoms with Crippen molar-refractivity contribution in [3.8, 4) is 5.75 Å². The van der Waals surface area contributed by atoms with E-state index in [0.717, 1.165) is 11.1 Å². The second-order valence-electron chi connectivity index (χ2n) is 6.53. The van der Waals surface area contributed by atoms with Gasteiger partial charge in [-0.25, -0.2) is 4.79 Å². The van der Waals surface area contributed by atoms with Crippen LogP contribution >= 0.6 is 23.2 Å². The van der Waals surface area contributed by atoms with E-state index in [1.807, 2.05) is 42.5 Å². The molecule has 2 aromatic rings. The number of halogens is 2. The molecule has 1 saturated carbocycles. The van der Waals surface area contributed by atoms with Crippen molar-refractivity contribution in [2.75, 3.05) is 0 Å². The molecule has 24 heavy (non-hydrogen) atoms. The number of ether oxygens (including phenoxy) is 1. The SMILES string of the molecule is CC(C)(Oc1ccc(C2C(c3ccccc3)C2(Cl)Cl)cc1)C(=O)O. The molecule has 0 saturated heterocycles. The summed E-state index contributed by atoms with van der Waals surface area (Å²) in [4.78, 5) is 11.1. The predicted octanol–water partition coefficient (Wildman–Crippen LogP) is 4.98. The fourth-order valence-electron chi connectivity index (χ4n) is 2.90. The summed E-state index contributed by atoms with van der Waals surface area (Å²) in [5.74, 6) is -0.467. The maximum absolute atomic E-state index is 11.1. The maximum atomic E-state index is 11.1. The molecule has 1 fully saturated rings. The zero-order valence-corrected chi connectivity index (χ0v) is 14.9. The Morgan fingerprint density at radius 2 is 1.50 bits per heavy atom. The number of hydrogen-bond donors (Lipinski definition) is 1. The van der Waals surface area contributed by atoms with Gasteiger partial charge in [-0.05, 0) is 37.1 Å². The largest absolute Gasteiger partial charge is 0.478 e. The third kappa shape index (κ3) is 3.11.